The molecule has 0 spiro atoms. The van der Waals surface area contributed by atoms with Gasteiger partial charge in [-0.1, -0.05) is 0 Å². The van der Waals surface area contributed by atoms with Gasteiger partial charge in [0.2, 0.25) is 0 Å². The minimum atomic E-state index is -0.768. The number of non-ortho nitro benzene ring substituents is 2. The second kappa shape index (κ2) is 7.36. The first kappa shape index (κ1) is 18.2. The highest BCUT2D eigenvalue weighted by atomic mass is 19.1. The fourth-order valence-electron chi connectivity index (χ4n) is 2.93. The highest BCUT2D eigenvalue weighted by molar-refractivity contribution is 5.95. The summed E-state index contributed by atoms with van der Waals surface area (Å²) in [6, 6.07) is 8.92. The van der Waals surface area contributed by atoms with Crippen molar-refractivity contribution in [2.45, 2.75) is 0 Å². The Morgan fingerprint density at radius 1 is 0.889 bits per heavy atom. The van der Waals surface area contributed by atoms with Gasteiger partial charge in [0.15, 0.2) is 0 Å². The average molecular weight is 374 g/mol. The lowest BCUT2D eigenvalue weighted by atomic mass is 10.1. The van der Waals surface area contributed by atoms with Gasteiger partial charge >= 0.3 is 0 Å². The predicted molar refractivity (Wildman–Crippen MR) is 94.3 cm³/mol. The van der Waals surface area contributed by atoms with Crippen LogP contribution in [0.25, 0.3) is 0 Å². The van der Waals surface area contributed by atoms with Crippen molar-refractivity contribution in [3.63, 3.8) is 0 Å². The number of piperazine rings is 1. The van der Waals surface area contributed by atoms with E-state index in [1.54, 1.807) is 12.1 Å². The molecule has 1 saturated heterocycles. The number of amides is 1. The van der Waals surface area contributed by atoms with Crippen LogP contribution in [0.4, 0.5) is 21.5 Å². The molecular formula is C17H15FN4O5. The van der Waals surface area contributed by atoms with Gasteiger partial charge in [-0.25, -0.2) is 4.39 Å². The molecule has 0 aromatic heterocycles. The molecule has 2 aromatic carbocycles. The van der Waals surface area contributed by atoms with E-state index in [2.05, 4.69) is 0 Å². The van der Waals surface area contributed by atoms with E-state index in [0.717, 1.165) is 23.9 Å². The Morgan fingerprint density at radius 2 is 1.41 bits per heavy atom. The van der Waals surface area contributed by atoms with Gasteiger partial charge in [-0.3, -0.25) is 25.0 Å². The van der Waals surface area contributed by atoms with Crippen LogP contribution < -0.4 is 4.90 Å². The van der Waals surface area contributed by atoms with Gasteiger partial charge in [0, 0.05) is 44.0 Å². The molecule has 1 fully saturated rings. The summed E-state index contributed by atoms with van der Waals surface area (Å²) in [6.07, 6.45) is 0. The molecule has 0 radical (unpaired) electrons. The molecule has 1 heterocycles. The average Bonchev–Trinajstić information content (AvgIpc) is 2.67. The van der Waals surface area contributed by atoms with E-state index in [0.29, 0.717) is 26.2 Å². The summed E-state index contributed by atoms with van der Waals surface area (Å²) >= 11 is 0. The Hall–Kier alpha value is -3.56. The van der Waals surface area contributed by atoms with Crippen LogP contribution in [0.2, 0.25) is 0 Å². The molecule has 0 saturated carbocycles. The zero-order valence-electron chi connectivity index (χ0n) is 14.1. The maximum absolute atomic E-state index is 13.0. The Kier molecular flexibility index (Phi) is 4.97. The first-order valence-corrected chi connectivity index (χ1v) is 8.09. The van der Waals surface area contributed by atoms with E-state index in [4.69, 9.17) is 0 Å². The van der Waals surface area contributed by atoms with E-state index in [1.807, 2.05) is 4.90 Å². The van der Waals surface area contributed by atoms with Gasteiger partial charge in [-0.05, 0) is 24.3 Å². The normalized spacial score (nSPS) is 14.1. The summed E-state index contributed by atoms with van der Waals surface area (Å²) in [6.45, 7) is 1.67. The zero-order chi connectivity index (χ0) is 19.6. The van der Waals surface area contributed by atoms with E-state index < -0.39 is 27.1 Å². The highest BCUT2D eigenvalue weighted by Gasteiger charge is 2.26. The van der Waals surface area contributed by atoms with Crippen LogP contribution in [0.15, 0.2) is 42.5 Å². The highest BCUT2D eigenvalue weighted by Crippen LogP contribution is 2.24. The largest absolute Gasteiger partial charge is 0.368 e. The Balaban J connectivity index is 1.74. The monoisotopic (exact) mass is 374 g/mol. The summed E-state index contributed by atoms with van der Waals surface area (Å²) in [7, 11) is 0. The molecule has 0 bridgehead atoms. The quantitative estimate of drug-likeness (QED) is 0.601. The van der Waals surface area contributed by atoms with E-state index >= 15 is 0 Å². The van der Waals surface area contributed by atoms with Gasteiger partial charge in [0.1, 0.15) is 5.82 Å². The molecule has 1 aliphatic heterocycles. The molecule has 0 aliphatic carbocycles. The number of nitrogens with zero attached hydrogens (tertiary/aromatic N) is 4. The smallest absolute Gasteiger partial charge is 0.277 e. The fourth-order valence-corrected chi connectivity index (χ4v) is 2.93. The fraction of sp³-hybridized carbons (Fsp3) is 0.235. The van der Waals surface area contributed by atoms with Crippen molar-refractivity contribution in [2.24, 2.45) is 0 Å². The lowest BCUT2D eigenvalue weighted by Gasteiger charge is -2.36. The van der Waals surface area contributed by atoms with E-state index in [9.17, 15) is 29.4 Å². The molecule has 1 aliphatic rings. The Morgan fingerprint density at radius 3 is 1.89 bits per heavy atom. The lowest BCUT2D eigenvalue weighted by Crippen LogP contribution is -2.48. The van der Waals surface area contributed by atoms with Gasteiger partial charge in [0.25, 0.3) is 17.3 Å². The van der Waals surface area contributed by atoms with Crippen LogP contribution in [0.1, 0.15) is 10.4 Å². The molecule has 140 valence electrons. The number of nitro benzene ring substituents is 2. The zero-order valence-corrected chi connectivity index (χ0v) is 14.1. The van der Waals surface area contributed by atoms with E-state index in [1.165, 1.54) is 17.0 Å². The number of carbonyl (C=O) groups excluding carboxylic acids is 1. The predicted octanol–water partition coefficient (Wildman–Crippen LogP) is 2.60. The van der Waals surface area contributed by atoms with Crippen molar-refractivity contribution in [3.05, 3.63) is 74.1 Å². The molecule has 10 heteroatoms. The number of nitro groups is 2. The summed E-state index contributed by atoms with van der Waals surface area (Å²) in [5, 5.41) is 22.0. The van der Waals surface area contributed by atoms with Gasteiger partial charge < -0.3 is 9.80 Å². The third-order valence-corrected chi connectivity index (χ3v) is 4.33. The molecule has 0 N–H and O–H groups in total. The summed E-state index contributed by atoms with van der Waals surface area (Å²) < 4.78 is 13.0. The molecule has 3 rings (SSSR count). The SMILES string of the molecule is O=C(c1cc([N+](=O)[O-])cc([N+](=O)[O-])c1)N1CCN(c2ccc(F)cc2)CC1. The Labute approximate surface area is 152 Å². The minimum Gasteiger partial charge on any atom is -0.368 e. The maximum atomic E-state index is 13.0. The molecule has 1 amide bonds. The van der Waals surface area contributed by atoms with Crippen molar-refractivity contribution in [1.29, 1.82) is 0 Å². The standard InChI is InChI=1S/C17H15FN4O5/c18-13-1-3-14(4-2-13)19-5-7-20(8-6-19)17(23)12-9-15(21(24)25)11-16(10-12)22(26)27/h1-4,9-11H,5-8H2. The first-order valence-electron chi connectivity index (χ1n) is 8.09. The topological polar surface area (TPSA) is 110 Å². The van der Waals surface area contributed by atoms with Crippen LogP contribution in [0.5, 0.6) is 0 Å². The molecular weight excluding hydrogens is 359 g/mol. The third kappa shape index (κ3) is 4.00. The van der Waals surface area contributed by atoms with Crippen molar-refractivity contribution in [1.82, 2.24) is 4.90 Å². The number of anilines is 1. The van der Waals surface area contributed by atoms with Crippen LogP contribution in [-0.2, 0) is 0 Å². The molecule has 27 heavy (non-hydrogen) atoms. The summed E-state index contributed by atoms with van der Waals surface area (Å²) in [5.74, 6) is -0.833. The second-order valence-corrected chi connectivity index (χ2v) is 6.01. The van der Waals surface area contributed by atoms with Crippen LogP contribution in [-0.4, -0.2) is 46.8 Å². The number of carbonyl (C=O) groups is 1. The number of hydrogen-bond acceptors (Lipinski definition) is 6. The number of rotatable bonds is 4. The molecule has 2 aromatic rings. The molecule has 0 atom stereocenters. The first-order chi connectivity index (χ1) is 12.8. The summed E-state index contributed by atoms with van der Waals surface area (Å²) in [4.78, 5) is 36.5. The van der Waals surface area contributed by atoms with Crippen LogP contribution in [0, 0.1) is 26.0 Å². The van der Waals surface area contributed by atoms with Gasteiger partial charge in [-0.15, -0.1) is 0 Å². The third-order valence-electron chi connectivity index (χ3n) is 4.33. The minimum absolute atomic E-state index is 0.0915. The number of benzene rings is 2. The second-order valence-electron chi connectivity index (χ2n) is 6.01. The van der Waals surface area contributed by atoms with Crippen molar-refractivity contribution < 1.29 is 19.0 Å². The van der Waals surface area contributed by atoms with E-state index in [-0.39, 0.29) is 11.4 Å². The van der Waals surface area contributed by atoms with Gasteiger partial charge in [-0.2, -0.15) is 0 Å². The number of halogens is 1. The molecule has 0 unspecified atom stereocenters. The van der Waals surface area contributed by atoms with Crippen molar-refractivity contribution >= 4 is 23.0 Å². The van der Waals surface area contributed by atoms with Crippen LogP contribution >= 0.6 is 0 Å². The maximum Gasteiger partial charge on any atom is 0.277 e. The van der Waals surface area contributed by atoms with Crippen molar-refractivity contribution in [2.75, 3.05) is 31.1 Å². The molecule has 9 nitrogen and oxygen atoms in total. The van der Waals surface area contributed by atoms with Gasteiger partial charge in [0.05, 0.1) is 21.5 Å². The van der Waals surface area contributed by atoms with Crippen molar-refractivity contribution in [3.8, 4) is 0 Å². The lowest BCUT2D eigenvalue weighted by molar-refractivity contribution is -0.394. The summed E-state index contributed by atoms with van der Waals surface area (Å²) in [5.41, 5.74) is -0.268. The Bertz CT molecular complexity index is 862. The number of hydrogen-bond donors (Lipinski definition) is 0. The van der Waals surface area contributed by atoms with Crippen LogP contribution in [0.3, 0.4) is 0 Å².